The summed E-state index contributed by atoms with van der Waals surface area (Å²) in [6.45, 7) is 9.56. The van der Waals surface area contributed by atoms with Gasteiger partial charge >= 0.3 is 0 Å². The SMILES string of the molecule is C1CCNCC1.C1CCNCC1.C1CNCCN1. The third-order valence-electron chi connectivity index (χ3n) is 3.37. The molecule has 3 aliphatic heterocycles. The summed E-state index contributed by atoms with van der Waals surface area (Å²) in [4.78, 5) is 0. The Hall–Kier alpha value is -0.160. The van der Waals surface area contributed by atoms with Gasteiger partial charge in [-0.05, 0) is 51.9 Å². The van der Waals surface area contributed by atoms with Crippen molar-refractivity contribution in [3.05, 3.63) is 0 Å². The zero-order valence-corrected chi connectivity index (χ0v) is 11.9. The molecule has 0 saturated carbocycles. The Kier molecular flexibility index (Phi) is 11.7. The summed E-state index contributed by atoms with van der Waals surface area (Å²) in [5.74, 6) is 0. The first kappa shape index (κ1) is 15.9. The molecule has 0 aliphatic carbocycles. The molecule has 0 spiro atoms. The quantitative estimate of drug-likeness (QED) is 0.515. The van der Waals surface area contributed by atoms with Gasteiger partial charge in [-0.15, -0.1) is 0 Å². The Morgan fingerprint density at radius 1 is 0.278 bits per heavy atom. The Bertz CT molecular complexity index is 88.8. The van der Waals surface area contributed by atoms with E-state index in [9.17, 15) is 0 Å². The second-order valence-electron chi connectivity index (χ2n) is 5.12. The molecule has 3 fully saturated rings. The fourth-order valence-electron chi connectivity index (χ4n) is 2.21. The molecule has 4 N–H and O–H groups in total. The molecule has 108 valence electrons. The van der Waals surface area contributed by atoms with E-state index in [1.54, 1.807) is 0 Å². The largest absolute Gasteiger partial charge is 0.317 e. The molecule has 4 nitrogen and oxygen atoms in total. The number of piperidine rings is 2. The summed E-state index contributed by atoms with van der Waals surface area (Å²) in [7, 11) is 0. The zero-order valence-electron chi connectivity index (χ0n) is 11.9. The van der Waals surface area contributed by atoms with E-state index in [0.717, 1.165) is 26.2 Å². The lowest BCUT2D eigenvalue weighted by Gasteiger charge is -2.11. The standard InChI is InChI=1S/2C5H11N.C4H10N2/c2*1-2-4-6-5-3-1;1-2-6-4-3-5-1/h2*6H,1-5H2;5-6H,1-4H2. The van der Waals surface area contributed by atoms with Gasteiger partial charge in [-0.1, -0.05) is 12.8 Å². The van der Waals surface area contributed by atoms with E-state index in [1.165, 1.54) is 64.7 Å². The molecule has 0 unspecified atom stereocenters. The average Bonchev–Trinajstić information content (AvgIpc) is 2.54. The van der Waals surface area contributed by atoms with Crippen LogP contribution < -0.4 is 21.3 Å². The van der Waals surface area contributed by atoms with E-state index in [1.807, 2.05) is 0 Å². The highest BCUT2D eigenvalue weighted by molar-refractivity contribution is 4.59. The van der Waals surface area contributed by atoms with Crippen molar-refractivity contribution in [1.29, 1.82) is 0 Å². The predicted molar refractivity (Wildman–Crippen MR) is 79.2 cm³/mol. The smallest absolute Gasteiger partial charge is 0.00772 e. The first-order chi connectivity index (χ1) is 9.00. The molecule has 0 aromatic carbocycles. The highest BCUT2D eigenvalue weighted by Gasteiger charge is 1.94. The Balaban J connectivity index is 0.000000135. The lowest BCUT2D eigenvalue weighted by molar-refractivity contribution is 0.520. The Morgan fingerprint density at radius 2 is 0.556 bits per heavy atom. The number of rotatable bonds is 0. The summed E-state index contributed by atoms with van der Waals surface area (Å²) >= 11 is 0. The first-order valence-corrected chi connectivity index (χ1v) is 7.83. The van der Waals surface area contributed by atoms with Gasteiger partial charge in [-0.25, -0.2) is 0 Å². The van der Waals surface area contributed by atoms with Crippen molar-refractivity contribution < 1.29 is 0 Å². The minimum Gasteiger partial charge on any atom is -0.317 e. The fraction of sp³-hybridized carbons (Fsp3) is 1.00. The van der Waals surface area contributed by atoms with Gasteiger partial charge in [-0.2, -0.15) is 0 Å². The summed E-state index contributed by atoms with van der Waals surface area (Å²) in [5.41, 5.74) is 0. The van der Waals surface area contributed by atoms with Crippen molar-refractivity contribution in [2.24, 2.45) is 0 Å². The highest BCUT2D eigenvalue weighted by atomic mass is 15.0. The van der Waals surface area contributed by atoms with Crippen molar-refractivity contribution in [3.8, 4) is 0 Å². The van der Waals surface area contributed by atoms with Crippen molar-refractivity contribution >= 4 is 0 Å². The topological polar surface area (TPSA) is 48.1 Å². The number of hydrogen-bond acceptors (Lipinski definition) is 4. The van der Waals surface area contributed by atoms with E-state index in [4.69, 9.17) is 0 Å². The van der Waals surface area contributed by atoms with E-state index in [2.05, 4.69) is 21.3 Å². The maximum atomic E-state index is 3.28. The van der Waals surface area contributed by atoms with Crippen LogP contribution in [0.5, 0.6) is 0 Å². The molecule has 0 aromatic rings. The normalized spacial score (nSPS) is 24.0. The van der Waals surface area contributed by atoms with E-state index in [-0.39, 0.29) is 0 Å². The molecular formula is C14H32N4. The summed E-state index contributed by atoms with van der Waals surface area (Å²) in [6, 6.07) is 0. The summed E-state index contributed by atoms with van der Waals surface area (Å²) < 4.78 is 0. The van der Waals surface area contributed by atoms with Crippen LogP contribution in [0.2, 0.25) is 0 Å². The van der Waals surface area contributed by atoms with Crippen molar-refractivity contribution in [2.45, 2.75) is 38.5 Å². The van der Waals surface area contributed by atoms with Gasteiger partial charge in [0, 0.05) is 26.2 Å². The molecule has 0 bridgehead atoms. The lowest BCUT2D eigenvalue weighted by Crippen LogP contribution is -2.39. The van der Waals surface area contributed by atoms with Crippen LogP contribution in [0.3, 0.4) is 0 Å². The minimum absolute atomic E-state index is 1.14. The predicted octanol–water partition coefficient (Wildman–Crippen LogP) is 0.699. The molecule has 0 atom stereocenters. The maximum absolute atomic E-state index is 3.28. The molecule has 0 radical (unpaired) electrons. The zero-order chi connectivity index (χ0) is 12.7. The molecule has 0 aromatic heterocycles. The second kappa shape index (κ2) is 13.3. The van der Waals surface area contributed by atoms with Crippen LogP contribution in [0.15, 0.2) is 0 Å². The van der Waals surface area contributed by atoms with Crippen LogP contribution in [0.4, 0.5) is 0 Å². The molecule has 18 heavy (non-hydrogen) atoms. The third kappa shape index (κ3) is 11.0. The minimum atomic E-state index is 1.14. The first-order valence-electron chi connectivity index (χ1n) is 7.83. The second-order valence-corrected chi connectivity index (χ2v) is 5.12. The molecule has 3 aliphatic rings. The van der Waals surface area contributed by atoms with Gasteiger partial charge in [0.25, 0.3) is 0 Å². The summed E-state index contributed by atoms with van der Waals surface area (Å²) in [5, 5.41) is 13.0. The molecule has 3 saturated heterocycles. The van der Waals surface area contributed by atoms with E-state index < -0.39 is 0 Å². The Labute approximate surface area is 113 Å². The summed E-state index contributed by atoms with van der Waals surface area (Å²) in [6.07, 6.45) is 8.43. The van der Waals surface area contributed by atoms with Gasteiger partial charge in [-0.3, -0.25) is 0 Å². The molecule has 4 heteroatoms. The van der Waals surface area contributed by atoms with Crippen LogP contribution in [0.25, 0.3) is 0 Å². The van der Waals surface area contributed by atoms with Crippen LogP contribution in [-0.4, -0.2) is 52.4 Å². The molecule has 3 rings (SSSR count). The number of piperazine rings is 1. The number of hydrogen-bond donors (Lipinski definition) is 4. The van der Waals surface area contributed by atoms with Crippen molar-refractivity contribution in [1.82, 2.24) is 21.3 Å². The van der Waals surface area contributed by atoms with Crippen LogP contribution in [-0.2, 0) is 0 Å². The van der Waals surface area contributed by atoms with Crippen LogP contribution in [0.1, 0.15) is 38.5 Å². The van der Waals surface area contributed by atoms with E-state index >= 15 is 0 Å². The van der Waals surface area contributed by atoms with Crippen molar-refractivity contribution in [2.75, 3.05) is 52.4 Å². The van der Waals surface area contributed by atoms with Gasteiger partial charge < -0.3 is 21.3 Å². The van der Waals surface area contributed by atoms with Gasteiger partial charge in [0.05, 0.1) is 0 Å². The van der Waals surface area contributed by atoms with Gasteiger partial charge in [0.15, 0.2) is 0 Å². The average molecular weight is 256 g/mol. The van der Waals surface area contributed by atoms with E-state index in [0.29, 0.717) is 0 Å². The highest BCUT2D eigenvalue weighted by Crippen LogP contribution is 1.97. The molecule has 0 amide bonds. The molecular weight excluding hydrogens is 224 g/mol. The van der Waals surface area contributed by atoms with Crippen molar-refractivity contribution in [3.63, 3.8) is 0 Å². The monoisotopic (exact) mass is 256 g/mol. The number of nitrogens with one attached hydrogen (secondary N) is 4. The third-order valence-corrected chi connectivity index (χ3v) is 3.37. The lowest BCUT2D eigenvalue weighted by atomic mass is 10.2. The van der Waals surface area contributed by atoms with Crippen LogP contribution >= 0.6 is 0 Å². The molecule has 3 heterocycles. The Morgan fingerprint density at radius 3 is 0.667 bits per heavy atom. The maximum Gasteiger partial charge on any atom is 0.00772 e. The fourth-order valence-corrected chi connectivity index (χ4v) is 2.21. The van der Waals surface area contributed by atoms with Crippen LogP contribution in [0, 0.1) is 0 Å². The van der Waals surface area contributed by atoms with Gasteiger partial charge in [0.1, 0.15) is 0 Å². The van der Waals surface area contributed by atoms with Gasteiger partial charge in [0.2, 0.25) is 0 Å².